The average Bonchev–Trinajstić information content (AvgIpc) is 2.29. The fourth-order valence-corrected chi connectivity index (χ4v) is 1.43. The van der Waals surface area contributed by atoms with E-state index in [4.69, 9.17) is 4.74 Å². The van der Waals surface area contributed by atoms with Crippen molar-refractivity contribution in [2.75, 3.05) is 19.0 Å². The van der Waals surface area contributed by atoms with Crippen LogP contribution >= 0.6 is 0 Å². The van der Waals surface area contributed by atoms with Gasteiger partial charge in [-0.2, -0.15) is 0 Å². The predicted molar refractivity (Wildman–Crippen MR) is 67.3 cm³/mol. The van der Waals surface area contributed by atoms with Gasteiger partial charge in [-0.15, -0.1) is 13.2 Å². The van der Waals surface area contributed by atoms with Crippen LogP contribution in [0.25, 0.3) is 0 Å². The third-order valence-corrected chi connectivity index (χ3v) is 2.71. The Bertz CT molecular complexity index is 405. The Hall–Kier alpha value is -1.43. The minimum absolute atomic E-state index is 0.231. The zero-order valence-corrected chi connectivity index (χ0v) is 11.2. The normalized spacial score (nSPS) is 12.3. The summed E-state index contributed by atoms with van der Waals surface area (Å²) in [6.45, 7) is 4.30. The van der Waals surface area contributed by atoms with E-state index in [0.29, 0.717) is 18.7 Å². The number of ether oxygens (including phenoxy) is 2. The fraction of sp³-hybridized carbons (Fsp3) is 0.538. The van der Waals surface area contributed by atoms with Crippen molar-refractivity contribution in [3.05, 3.63) is 24.3 Å². The highest BCUT2D eigenvalue weighted by molar-refractivity contribution is 5.56. The molecule has 0 aromatic heterocycles. The highest BCUT2D eigenvalue weighted by Gasteiger charge is 2.32. The molecule has 0 aliphatic carbocycles. The van der Waals surface area contributed by atoms with E-state index >= 15 is 0 Å². The molecule has 1 aromatic carbocycles. The van der Waals surface area contributed by atoms with E-state index in [2.05, 4.69) is 10.1 Å². The summed E-state index contributed by atoms with van der Waals surface area (Å²) < 4.78 is 45.8. The molecule has 0 aliphatic rings. The van der Waals surface area contributed by atoms with E-state index in [-0.39, 0.29) is 11.4 Å². The summed E-state index contributed by atoms with van der Waals surface area (Å²) >= 11 is 0. The molecule has 1 N–H and O–H groups in total. The first-order chi connectivity index (χ1) is 8.73. The summed E-state index contributed by atoms with van der Waals surface area (Å²) in [4.78, 5) is 0. The van der Waals surface area contributed by atoms with E-state index in [1.54, 1.807) is 19.2 Å². The molecule has 0 spiro atoms. The van der Waals surface area contributed by atoms with Crippen LogP contribution in [-0.4, -0.2) is 25.6 Å². The Balaban J connectivity index is 2.63. The smallest absolute Gasteiger partial charge is 0.404 e. The van der Waals surface area contributed by atoms with E-state index < -0.39 is 6.36 Å². The SMILES string of the molecule is COC(C)(C)CCNc1ccccc1OC(F)(F)F. The Morgan fingerprint density at radius 1 is 1.16 bits per heavy atom. The average molecular weight is 277 g/mol. The molecule has 1 aromatic rings. The van der Waals surface area contributed by atoms with Gasteiger partial charge in [-0.05, 0) is 32.4 Å². The molecular formula is C13H18F3NO2. The molecule has 0 unspecified atom stereocenters. The van der Waals surface area contributed by atoms with Crippen LogP contribution in [-0.2, 0) is 4.74 Å². The standard InChI is InChI=1S/C13H18F3NO2/c1-12(2,18-3)8-9-17-10-6-4-5-7-11(10)19-13(14,15)16/h4-7,17H,8-9H2,1-3H3. The zero-order valence-electron chi connectivity index (χ0n) is 11.2. The molecule has 0 saturated heterocycles. The van der Waals surface area contributed by atoms with Crippen molar-refractivity contribution in [3.8, 4) is 5.75 Å². The van der Waals surface area contributed by atoms with Gasteiger partial charge < -0.3 is 14.8 Å². The van der Waals surface area contributed by atoms with Gasteiger partial charge in [0.25, 0.3) is 0 Å². The lowest BCUT2D eigenvalue weighted by atomic mass is 10.1. The molecule has 108 valence electrons. The lowest BCUT2D eigenvalue weighted by Gasteiger charge is -2.23. The Kier molecular flexibility index (Phi) is 5.05. The topological polar surface area (TPSA) is 30.5 Å². The summed E-state index contributed by atoms with van der Waals surface area (Å²) in [7, 11) is 1.60. The van der Waals surface area contributed by atoms with Gasteiger partial charge >= 0.3 is 6.36 Å². The zero-order chi connectivity index (χ0) is 14.5. The Morgan fingerprint density at radius 3 is 2.37 bits per heavy atom. The van der Waals surface area contributed by atoms with E-state index in [9.17, 15) is 13.2 Å². The molecule has 1 rings (SSSR count). The van der Waals surface area contributed by atoms with E-state index in [1.165, 1.54) is 12.1 Å². The molecule has 19 heavy (non-hydrogen) atoms. The van der Waals surface area contributed by atoms with Gasteiger partial charge in [0.1, 0.15) is 0 Å². The van der Waals surface area contributed by atoms with Crippen molar-refractivity contribution in [1.29, 1.82) is 0 Å². The number of para-hydroxylation sites is 2. The number of hydrogen-bond acceptors (Lipinski definition) is 3. The molecule has 0 atom stereocenters. The van der Waals surface area contributed by atoms with Crippen molar-refractivity contribution < 1.29 is 22.6 Å². The lowest BCUT2D eigenvalue weighted by molar-refractivity contribution is -0.274. The van der Waals surface area contributed by atoms with Crippen LogP contribution in [0.15, 0.2) is 24.3 Å². The number of rotatable bonds is 6. The summed E-state index contributed by atoms with van der Waals surface area (Å²) in [5.74, 6) is -0.231. The van der Waals surface area contributed by atoms with Crippen LogP contribution in [0.4, 0.5) is 18.9 Å². The van der Waals surface area contributed by atoms with E-state index in [1.807, 2.05) is 13.8 Å². The third kappa shape index (κ3) is 5.83. The van der Waals surface area contributed by atoms with Gasteiger partial charge in [0.2, 0.25) is 0 Å². The van der Waals surface area contributed by atoms with Crippen molar-refractivity contribution in [1.82, 2.24) is 0 Å². The number of halogens is 3. The third-order valence-electron chi connectivity index (χ3n) is 2.71. The molecular weight excluding hydrogens is 259 g/mol. The van der Waals surface area contributed by atoms with Crippen molar-refractivity contribution in [3.63, 3.8) is 0 Å². The minimum Gasteiger partial charge on any atom is -0.404 e. The number of methoxy groups -OCH3 is 1. The Morgan fingerprint density at radius 2 is 1.79 bits per heavy atom. The van der Waals surface area contributed by atoms with Gasteiger partial charge in [-0.25, -0.2) is 0 Å². The lowest BCUT2D eigenvalue weighted by Crippen LogP contribution is -2.26. The maximum absolute atomic E-state index is 12.2. The largest absolute Gasteiger partial charge is 0.573 e. The molecule has 0 fully saturated rings. The number of alkyl halides is 3. The second kappa shape index (κ2) is 6.14. The molecule has 0 bridgehead atoms. The number of benzene rings is 1. The summed E-state index contributed by atoms with van der Waals surface area (Å²) in [5, 5.41) is 2.92. The highest BCUT2D eigenvalue weighted by Crippen LogP contribution is 2.30. The highest BCUT2D eigenvalue weighted by atomic mass is 19.4. The number of nitrogens with one attached hydrogen (secondary N) is 1. The minimum atomic E-state index is -4.69. The summed E-state index contributed by atoms with van der Waals surface area (Å²) in [6, 6.07) is 5.95. The van der Waals surface area contributed by atoms with Gasteiger partial charge in [0, 0.05) is 13.7 Å². The quantitative estimate of drug-likeness (QED) is 0.857. The second-order valence-electron chi connectivity index (χ2n) is 4.68. The monoisotopic (exact) mass is 277 g/mol. The van der Waals surface area contributed by atoms with Crippen LogP contribution in [0.5, 0.6) is 5.75 Å². The first-order valence-electron chi connectivity index (χ1n) is 5.87. The van der Waals surface area contributed by atoms with Crippen LogP contribution < -0.4 is 10.1 Å². The van der Waals surface area contributed by atoms with Gasteiger partial charge in [-0.1, -0.05) is 12.1 Å². The first-order valence-corrected chi connectivity index (χ1v) is 5.87. The van der Waals surface area contributed by atoms with Gasteiger partial charge in [0.15, 0.2) is 5.75 Å². The van der Waals surface area contributed by atoms with Gasteiger partial charge in [0.05, 0.1) is 11.3 Å². The molecule has 0 radical (unpaired) electrons. The van der Waals surface area contributed by atoms with Gasteiger partial charge in [-0.3, -0.25) is 0 Å². The number of anilines is 1. The molecule has 0 amide bonds. The molecule has 0 heterocycles. The molecule has 0 aliphatic heterocycles. The summed E-state index contributed by atoms with van der Waals surface area (Å²) in [6.07, 6.45) is -4.03. The molecule has 3 nitrogen and oxygen atoms in total. The van der Waals surface area contributed by atoms with Crippen LogP contribution in [0.2, 0.25) is 0 Å². The first kappa shape index (κ1) is 15.6. The van der Waals surface area contributed by atoms with Crippen molar-refractivity contribution in [2.24, 2.45) is 0 Å². The summed E-state index contributed by atoms with van der Waals surface area (Å²) in [5.41, 5.74) is -0.0148. The maximum atomic E-state index is 12.2. The Labute approximate surface area is 110 Å². The predicted octanol–water partition coefficient (Wildman–Crippen LogP) is 3.81. The maximum Gasteiger partial charge on any atom is 0.573 e. The second-order valence-corrected chi connectivity index (χ2v) is 4.68. The number of hydrogen-bond donors (Lipinski definition) is 1. The molecule has 6 heteroatoms. The van der Waals surface area contributed by atoms with E-state index in [0.717, 1.165) is 0 Å². The van der Waals surface area contributed by atoms with Crippen molar-refractivity contribution in [2.45, 2.75) is 32.2 Å². The fourth-order valence-electron chi connectivity index (χ4n) is 1.43. The van der Waals surface area contributed by atoms with Crippen LogP contribution in [0, 0.1) is 0 Å². The molecule has 0 saturated carbocycles. The van der Waals surface area contributed by atoms with Crippen LogP contribution in [0.3, 0.4) is 0 Å². The van der Waals surface area contributed by atoms with Crippen molar-refractivity contribution >= 4 is 5.69 Å². The van der Waals surface area contributed by atoms with Crippen LogP contribution in [0.1, 0.15) is 20.3 Å².